The van der Waals surface area contributed by atoms with Gasteiger partial charge < -0.3 is 4.57 Å². The minimum atomic E-state index is 0.285. The third kappa shape index (κ3) is 6.76. The highest BCUT2D eigenvalue weighted by Crippen LogP contribution is 2.36. The van der Waals surface area contributed by atoms with Gasteiger partial charge in [0.2, 0.25) is 0 Å². The lowest BCUT2D eigenvalue weighted by Gasteiger charge is -2.18. The van der Waals surface area contributed by atoms with Crippen molar-refractivity contribution in [1.82, 2.24) is 34.5 Å². The van der Waals surface area contributed by atoms with Gasteiger partial charge in [0.25, 0.3) is 0 Å². The van der Waals surface area contributed by atoms with Gasteiger partial charge in [-0.25, -0.2) is 29.9 Å². The molecule has 0 amide bonds. The van der Waals surface area contributed by atoms with E-state index in [1.54, 1.807) is 12.1 Å². The first kappa shape index (κ1) is 38.0. The second kappa shape index (κ2) is 15.4. The van der Waals surface area contributed by atoms with E-state index in [9.17, 15) is 0 Å². The molecule has 0 spiro atoms. The number of benzene rings is 7. The lowest BCUT2D eigenvalue weighted by atomic mass is 9.71. The Bertz CT molecular complexity index is 3130. The largest absolute Gasteiger partial charge is 0.310 e. The zero-order chi connectivity index (χ0) is 41.8. The van der Waals surface area contributed by atoms with Crippen LogP contribution < -0.4 is 32.8 Å². The summed E-state index contributed by atoms with van der Waals surface area (Å²) in [6.07, 6.45) is 0. The molecule has 0 bridgehead atoms. The second-order valence-electron chi connectivity index (χ2n) is 14.5. The average molecular weight is 765 g/mol. The van der Waals surface area contributed by atoms with Crippen LogP contribution in [0.2, 0.25) is 0 Å². The smallest absolute Gasteiger partial charge is 0.166 e. The number of fused-ring (bicyclic) bond motifs is 3. The Hall–Kier alpha value is -7.25. The Morgan fingerprint density at radius 1 is 0.311 bits per heavy atom. The molecule has 61 heavy (non-hydrogen) atoms. The first-order valence-electron chi connectivity index (χ1n) is 19.4. The fraction of sp³-hybridized carbons (Fsp3) is 0. The van der Waals surface area contributed by atoms with Crippen LogP contribution in [0, 0.1) is 0 Å². The molecule has 3 aromatic heterocycles. The monoisotopic (exact) mass is 765 g/mol. The van der Waals surface area contributed by atoms with Gasteiger partial charge in [0.05, 0.1) is 5.69 Å². The molecular formula is C48H25B6N7. The summed E-state index contributed by atoms with van der Waals surface area (Å²) in [7, 11) is 40.2. The Balaban J connectivity index is 1.33. The van der Waals surface area contributed by atoms with E-state index in [1.807, 2.05) is 144 Å². The maximum atomic E-state index is 6.88. The van der Waals surface area contributed by atoms with Crippen molar-refractivity contribution in [1.29, 1.82) is 0 Å². The van der Waals surface area contributed by atoms with E-state index in [2.05, 4.69) is 0 Å². The normalized spacial score (nSPS) is 11.3. The molecule has 0 unspecified atom stereocenters. The molecule has 0 saturated heterocycles. The van der Waals surface area contributed by atoms with Gasteiger partial charge in [-0.2, -0.15) is 0 Å². The summed E-state index contributed by atoms with van der Waals surface area (Å²) in [4.78, 5) is 30.3. The summed E-state index contributed by atoms with van der Waals surface area (Å²) < 4.78 is 1.92. The Morgan fingerprint density at radius 2 is 0.639 bits per heavy atom. The van der Waals surface area contributed by atoms with Crippen LogP contribution in [0.25, 0.3) is 95.8 Å². The molecule has 3 heterocycles. The topological polar surface area (TPSA) is 82.3 Å². The maximum absolute atomic E-state index is 6.88. The van der Waals surface area contributed by atoms with Crippen LogP contribution in [-0.4, -0.2) is 81.5 Å². The number of hydrogen-bond donors (Lipinski definition) is 0. The van der Waals surface area contributed by atoms with Crippen LogP contribution in [0.5, 0.6) is 0 Å². The van der Waals surface area contributed by atoms with E-state index in [0.29, 0.717) is 84.5 Å². The number of rotatable bonds is 7. The minimum Gasteiger partial charge on any atom is -0.310 e. The van der Waals surface area contributed by atoms with Crippen LogP contribution in [0.15, 0.2) is 152 Å². The summed E-state index contributed by atoms with van der Waals surface area (Å²) in [6, 6.07) is 48.2. The van der Waals surface area contributed by atoms with Gasteiger partial charge in [0.1, 0.15) is 47.1 Å². The molecule has 0 fully saturated rings. The van der Waals surface area contributed by atoms with Crippen LogP contribution in [0.3, 0.4) is 0 Å². The van der Waals surface area contributed by atoms with Gasteiger partial charge in [-0.1, -0.05) is 155 Å². The van der Waals surface area contributed by atoms with E-state index in [1.165, 1.54) is 0 Å². The van der Waals surface area contributed by atoms with Gasteiger partial charge >= 0.3 is 0 Å². The fourth-order valence-corrected chi connectivity index (χ4v) is 7.72. The van der Waals surface area contributed by atoms with Crippen LogP contribution in [-0.2, 0) is 0 Å². The summed E-state index contributed by atoms with van der Waals surface area (Å²) in [5.74, 6) is 2.73. The predicted molar refractivity (Wildman–Crippen MR) is 252 cm³/mol. The van der Waals surface area contributed by atoms with Crippen molar-refractivity contribution in [2.24, 2.45) is 0 Å². The van der Waals surface area contributed by atoms with E-state index in [-0.39, 0.29) is 21.9 Å². The molecule has 10 aromatic rings. The quantitative estimate of drug-likeness (QED) is 0.229. The molecule has 12 radical (unpaired) electrons. The molecule has 0 saturated carbocycles. The second-order valence-corrected chi connectivity index (χ2v) is 14.5. The standard InChI is InChI=1S/C48H25B6N7/c49-32-24-34(51)41-37(39(32)53)38-40(54)33(50)25-35(52)42(38)61(41)36-22-21-30(47-57-43(26-13-5-1-6-14-26)55-44(58-47)27-15-7-2-8-16-27)23-31(36)48-59-45(28-17-9-3-10-18-28)56-46(60-48)29-19-11-4-12-20-29/h1-25H. The maximum Gasteiger partial charge on any atom is 0.166 e. The van der Waals surface area contributed by atoms with Crippen molar-refractivity contribution >= 4 is 102 Å². The van der Waals surface area contributed by atoms with Gasteiger partial charge in [0, 0.05) is 44.4 Å². The van der Waals surface area contributed by atoms with E-state index < -0.39 is 0 Å². The van der Waals surface area contributed by atoms with Gasteiger partial charge in [-0.3, -0.25) is 0 Å². The van der Waals surface area contributed by atoms with E-state index in [0.717, 1.165) is 22.3 Å². The first-order chi connectivity index (χ1) is 29.7. The summed E-state index contributed by atoms with van der Waals surface area (Å²) >= 11 is 0. The molecule has 7 aromatic carbocycles. The van der Waals surface area contributed by atoms with Crippen LogP contribution in [0.4, 0.5) is 0 Å². The van der Waals surface area contributed by atoms with Crippen molar-refractivity contribution in [3.63, 3.8) is 0 Å². The summed E-state index contributed by atoms with van der Waals surface area (Å²) in [6.45, 7) is 0. The number of nitrogens with zero attached hydrogens (tertiary/aromatic N) is 7. The molecule has 0 aliphatic heterocycles. The highest BCUT2D eigenvalue weighted by Gasteiger charge is 2.25. The fourth-order valence-electron chi connectivity index (χ4n) is 7.72. The zero-order valence-corrected chi connectivity index (χ0v) is 32.5. The predicted octanol–water partition coefficient (Wildman–Crippen LogP) is 3.92. The van der Waals surface area contributed by atoms with E-state index in [4.69, 9.17) is 77.0 Å². The lowest BCUT2D eigenvalue weighted by Crippen LogP contribution is -2.33. The molecule has 7 nitrogen and oxygen atoms in total. The third-order valence-corrected chi connectivity index (χ3v) is 10.6. The number of aromatic nitrogens is 7. The van der Waals surface area contributed by atoms with Gasteiger partial charge in [-0.15, -0.1) is 10.9 Å². The molecule has 0 N–H and O–H groups in total. The molecule has 0 atom stereocenters. The van der Waals surface area contributed by atoms with Gasteiger partial charge in [-0.05, 0) is 29.0 Å². The Morgan fingerprint density at radius 3 is 1.00 bits per heavy atom. The number of hydrogen-bond acceptors (Lipinski definition) is 6. The van der Waals surface area contributed by atoms with Crippen molar-refractivity contribution in [2.75, 3.05) is 0 Å². The molecule has 270 valence electrons. The SMILES string of the molecule is [B]c1cc([B])c2c(c1[B])c1c([B])c([B])cc([B])c1n2-c1ccc(-c2nc(-c3ccccc3)nc(-c3ccccc3)n2)cc1-c1nc(-c2ccccc2)nc(-c2ccccc2)n1. The lowest BCUT2D eigenvalue weighted by molar-refractivity contribution is 1.06. The Kier molecular flexibility index (Phi) is 9.59. The zero-order valence-electron chi connectivity index (χ0n) is 32.5. The minimum absolute atomic E-state index is 0.285. The molecule has 0 aliphatic rings. The van der Waals surface area contributed by atoms with Crippen molar-refractivity contribution < 1.29 is 0 Å². The van der Waals surface area contributed by atoms with E-state index >= 15 is 0 Å². The summed E-state index contributed by atoms with van der Waals surface area (Å²) in [5.41, 5.74) is 7.98. The molecule has 0 aliphatic carbocycles. The first-order valence-corrected chi connectivity index (χ1v) is 19.4. The Labute approximate surface area is 360 Å². The summed E-state index contributed by atoms with van der Waals surface area (Å²) in [5, 5.41) is 1.03. The highest BCUT2D eigenvalue weighted by atomic mass is 15.1. The molecule has 10 rings (SSSR count). The molecule has 13 heteroatoms. The van der Waals surface area contributed by atoms with Crippen molar-refractivity contribution in [3.05, 3.63) is 152 Å². The van der Waals surface area contributed by atoms with Crippen molar-refractivity contribution in [3.8, 4) is 74.0 Å². The van der Waals surface area contributed by atoms with Crippen LogP contribution in [0.1, 0.15) is 0 Å². The average Bonchev–Trinajstić information content (AvgIpc) is 3.68. The highest BCUT2D eigenvalue weighted by molar-refractivity contribution is 6.62. The van der Waals surface area contributed by atoms with Crippen molar-refractivity contribution in [2.45, 2.75) is 0 Å². The third-order valence-electron chi connectivity index (χ3n) is 10.6. The molecular weight excluding hydrogens is 739 g/mol. The van der Waals surface area contributed by atoms with Gasteiger partial charge in [0.15, 0.2) is 34.9 Å². The van der Waals surface area contributed by atoms with Crippen LogP contribution >= 0.6 is 0 Å².